The zero-order chi connectivity index (χ0) is 22.7. The van der Waals surface area contributed by atoms with Crippen LogP contribution in [0.4, 0.5) is 11.4 Å². The van der Waals surface area contributed by atoms with Crippen molar-refractivity contribution in [3.63, 3.8) is 0 Å². The minimum absolute atomic E-state index is 0.0437. The Bertz CT molecular complexity index is 1310. The lowest BCUT2D eigenvalue weighted by Gasteiger charge is -2.13. The number of fused-ring (bicyclic) bond motifs is 1. The molecule has 32 heavy (non-hydrogen) atoms. The zero-order valence-electron chi connectivity index (χ0n) is 16.5. The van der Waals surface area contributed by atoms with E-state index >= 15 is 0 Å². The quantitative estimate of drug-likeness (QED) is 0.413. The van der Waals surface area contributed by atoms with Gasteiger partial charge in [-0.1, -0.05) is 24.3 Å². The van der Waals surface area contributed by atoms with Crippen LogP contribution in [0.2, 0.25) is 0 Å². The smallest absolute Gasteiger partial charge is 0.270 e. The van der Waals surface area contributed by atoms with E-state index in [-0.39, 0.29) is 35.2 Å². The highest BCUT2D eigenvalue weighted by Crippen LogP contribution is 2.32. The summed E-state index contributed by atoms with van der Waals surface area (Å²) >= 11 is 0. The lowest BCUT2D eigenvalue weighted by molar-refractivity contribution is -0.385. The summed E-state index contributed by atoms with van der Waals surface area (Å²) in [5.74, 6) is 0.711. The van der Waals surface area contributed by atoms with Gasteiger partial charge in [-0.3, -0.25) is 19.6 Å². The van der Waals surface area contributed by atoms with Crippen molar-refractivity contribution >= 4 is 27.3 Å². The molecule has 0 aromatic heterocycles. The number of rotatable bonds is 7. The van der Waals surface area contributed by atoms with E-state index in [0.717, 1.165) is 11.6 Å². The molecule has 11 heteroatoms. The number of carbonyl (C=O) groups excluding carboxylic acids is 1. The molecule has 0 fully saturated rings. The molecule has 1 amide bonds. The highest BCUT2D eigenvalue weighted by Gasteiger charge is 2.21. The van der Waals surface area contributed by atoms with Crippen LogP contribution < -0.4 is 19.5 Å². The molecule has 1 heterocycles. The topological polar surface area (TPSA) is 137 Å². The normalized spacial score (nSPS) is 12.2. The molecule has 0 saturated heterocycles. The fourth-order valence-corrected chi connectivity index (χ4v) is 4.19. The van der Waals surface area contributed by atoms with E-state index in [1.807, 2.05) is 0 Å². The molecule has 3 aromatic rings. The number of benzene rings is 3. The maximum Gasteiger partial charge on any atom is 0.270 e. The molecule has 0 radical (unpaired) electrons. The summed E-state index contributed by atoms with van der Waals surface area (Å²) < 4.78 is 38.4. The second-order valence-electron chi connectivity index (χ2n) is 6.78. The summed E-state index contributed by atoms with van der Waals surface area (Å²) in [5.41, 5.74) is 0.560. The third-order valence-electron chi connectivity index (χ3n) is 4.64. The third kappa shape index (κ3) is 4.47. The van der Waals surface area contributed by atoms with Gasteiger partial charge < -0.3 is 14.8 Å². The van der Waals surface area contributed by atoms with Gasteiger partial charge in [0.15, 0.2) is 11.5 Å². The number of amides is 1. The zero-order valence-corrected chi connectivity index (χ0v) is 17.3. The molecular weight excluding hydrogens is 438 g/mol. The summed E-state index contributed by atoms with van der Waals surface area (Å²) in [6, 6.07) is 16.0. The summed E-state index contributed by atoms with van der Waals surface area (Å²) in [6.07, 6.45) is 0. The van der Waals surface area contributed by atoms with Gasteiger partial charge in [-0.15, -0.1) is 0 Å². The van der Waals surface area contributed by atoms with E-state index in [0.29, 0.717) is 11.5 Å². The first-order valence-corrected chi connectivity index (χ1v) is 10.8. The summed E-state index contributed by atoms with van der Waals surface area (Å²) in [5, 5.41) is 13.7. The Hall–Kier alpha value is -4.12. The van der Waals surface area contributed by atoms with E-state index in [9.17, 15) is 23.3 Å². The van der Waals surface area contributed by atoms with E-state index in [1.165, 1.54) is 30.3 Å². The summed E-state index contributed by atoms with van der Waals surface area (Å²) in [4.78, 5) is 22.7. The fraction of sp³-hybridized carbons (Fsp3) is 0.0952. The molecule has 4 rings (SSSR count). The van der Waals surface area contributed by atoms with Gasteiger partial charge in [-0.2, -0.15) is 0 Å². The van der Waals surface area contributed by atoms with Gasteiger partial charge >= 0.3 is 0 Å². The molecule has 0 saturated carbocycles. The number of non-ortho nitro benzene ring substituents is 1. The van der Waals surface area contributed by atoms with E-state index in [4.69, 9.17) is 9.47 Å². The van der Waals surface area contributed by atoms with Gasteiger partial charge in [0.2, 0.25) is 6.79 Å². The number of sulfonamides is 1. The molecule has 0 unspecified atom stereocenters. The third-order valence-corrected chi connectivity index (χ3v) is 6.01. The predicted octanol–water partition coefficient (Wildman–Crippen LogP) is 3.05. The number of nitrogens with one attached hydrogen (secondary N) is 2. The molecule has 0 aliphatic carbocycles. The Labute approximate surface area is 183 Å². The molecule has 0 atom stereocenters. The molecule has 10 nitrogen and oxygen atoms in total. The minimum atomic E-state index is -4.16. The van der Waals surface area contributed by atoms with Gasteiger partial charge in [-0.25, -0.2) is 8.42 Å². The van der Waals surface area contributed by atoms with Crippen LogP contribution in [0.3, 0.4) is 0 Å². The first-order valence-electron chi connectivity index (χ1n) is 9.36. The Morgan fingerprint density at radius 3 is 2.59 bits per heavy atom. The van der Waals surface area contributed by atoms with Crippen molar-refractivity contribution in [2.24, 2.45) is 0 Å². The Morgan fingerprint density at radius 1 is 1.00 bits per heavy atom. The number of nitro groups is 1. The molecular formula is C21H17N3O7S. The molecule has 0 spiro atoms. The monoisotopic (exact) mass is 455 g/mol. The van der Waals surface area contributed by atoms with E-state index in [2.05, 4.69) is 10.0 Å². The Kier molecular flexibility index (Phi) is 5.65. The largest absolute Gasteiger partial charge is 0.454 e. The first-order chi connectivity index (χ1) is 15.3. The van der Waals surface area contributed by atoms with Gasteiger partial charge in [-0.05, 0) is 35.9 Å². The van der Waals surface area contributed by atoms with Crippen LogP contribution in [-0.4, -0.2) is 26.0 Å². The predicted molar refractivity (Wildman–Crippen MR) is 114 cm³/mol. The lowest BCUT2D eigenvalue weighted by Crippen LogP contribution is -2.25. The van der Waals surface area contributed by atoms with Crippen LogP contribution in [0, 0.1) is 10.1 Å². The van der Waals surface area contributed by atoms with Crippen molar-refractivity contribution in [3.8, 4) is 11.5 Å². The van der Waals surface area contributed by atoms with Crippen LogP contribution in [-0.2, 0) is 16.6 Å². The highest BCUT2D eigenvalue weighted by molar-refractivity contribution is 7.92. The molecule has 1 aliphatic rings. The van der Waals surface area contributed by atoms with Gasteiger partial charge in [0.05, 0.1) is 21.1 Å². The number of hydrogen-bond acceptors (Lipinski definition) is 7. The fourth-order valence-electron chi connectivity index (χ4n) is 3.07. The van der Waals surface area contributed by atoms with Gasteiger partial charge in [0.1, 0.15) is 0 Å². The van der Waals surface area contributed by atoms with Crippen LogP contribution >= 0.6 is 0 Å². The molecule has 3 aromatic carbocycles. The average molecular weight is 455 g/mol. The van der Waals surface area contributed by atoms with Crippen LogP contribution in [0.5, 0.6) is 11.5 Å². The Morgan fingerprint density at radius 2 is 1.78 bits per heavy atom. The highest BCUT2D eigenvalue weighted by atomic mass is 32.2. The second-order valence-corrected chi connectivity index (χ2v) is 8.46. The van der Waals surface area contributed by atoms with Crippen LogP contribution in [0.15, 0.2) is 71.6 Å². The molecule has 164 valence electrons. The van der Waals surface area contributed by atoms with Crippen molar-refractivity contribution in [3.05, 3.63) is 88.0 Å². The number of carbonyl (C=O) groups is 1. The second kappa shape index (κ2) is 8.55. The van der Waals surface area contributed by atoms with E-state index in [1.54, 1.807) is 30.3 Å². The van der Waals surface area contributed by atoms with Crippen molar-refractivity contribution in [1.29, 1.82) is 0 Å². The SMILES string of the molecule is O=C(NCc1ccc2c(c1)OCO2)c1ccccc1NS(=O)(=O)c1cccc([N+](=O)[O-])c1. The van der Waals surface area contributed by atoms with Gasteiger partial charge in [0.25, 0.3) is 21.6 Å². The standard InChI is InChI=1S/C21H17N3O7S/c25-21(22-12-14-8-9-19-20(10-14)31-13-30-19)17-6-1-2-7-18(17)23-32(28,29)16-5-3-4-15(11-16)24(26)27/h1-11,23H,12-13H2,(H,22,25). The van der Waals surface area contributed by atoms with Gasteiger partial charge in [0, 0.05) is 18.7 Å². The minimum Gasteiger partial charge on any atom is -0.454 e. The molecule has 0 bridgehead atoms. The lowest BCUT2D eigenvalue weighted by atomic mass is 10.1. The first kappa shape index (κ1) is 21.1. The number of nitrogens with zero attached hydrogens (tertiary/aromatic N) is 1. The van der Waals surface area contributed by atoms with E-state index < -0.39 is 20.9 Å². The molecule has 2 N–H and O–H groups in total. The average Bonchev–Trinajstić information content (AvgIpc) is 3.25. The number of para-hydroxylation sites is 1. The number of nitro benzene ring substituents is 1. The van der Waals surface area contributed by atoms with Crippen LogP contribution in [0.25, 0.3) is 0 Å². The maximum atomic E-state index is 12.7. The summed E-state index contributed by atoms with van der Waals surface area (Å²) in [6.45, 7) is 0.324. The number of ether oxygens (including phenoxy) is 2. The van der Waals surface area contributed by atoms with Crippen molar-refractivity contribution in [2.75, 3.05) is 11.5 Å². The van der Waals surface area contributed by atoms with Crippen molar-refractivity contribution in [1.82, 2.24) is 5.32 Å². The maximum absolute atomic E-state index is 12.7. The molecule has 1 aliphatic heterocycles. The van der Waals surface area contributed by atoms with Crippen molar-refractivity contribution in [2.45, 2.75) is 11.4 Å². The Balaban J connectivity index is 1.51. The van der Waals surface area contributed by atoms with Crippen LogP contribution in [0.1, 0.15) is 15.9 Å². The van der Waals surface area contributed by atoms with Crippen molar-refractivity contribution < 1.29 is 27.6 Å². The number of anilines is 1. The number of hydrogen-bond donors (Lipinski definition) is 2. The summed E-state index contributed by atoms with van der Waals surface area (Å²) in [7, 11) is -4.16.